The predicted octanol–water partition coefficient (Wildman–Crippen LogP) is 3.46. The number of ketones is 2. The summed E-state index contributed by atoms with van der Waals surface area (Å²) < 4.78 is 7.57. The first-order chi connectivity index (χ1) is 15.5. The van der Waals surface area contributed by atoms with Gasteiger partial charge in [0.25, 0.3) is 0 Å². The first-order valence-corrected chi connectivity index (χ1v) is 11.0. The van der Waals surface area contributed by atoms with Crippen LogP contribution in [0.15, 0.2) is 48.7 Å². The van der Waals surface area contributed by atoms with Gasteiger partial charge in [-0.15, -0.1) is 0 Å². The highest BCUT2D eigenvalue weighted by Gasteiger charge is 2.37. The number of rotatable bonds is 5. The zero-order valence-electron chi connectivity index (χ0n) is 18.2. The molecule has 0 saturated carbocycles. The van der Waals surface area contributed by atoms with E-state index in [1.807, 2.05) is 35.4 Å². The van der Waals surface area contributed by atoms with E-state index in [0.29, 0.717) is 29.7 Å². The lowest BCUT2D eigenvalue weighted by molar-refractivity contribution is -0.135. The minimum atomic E-state index is -0.445. The second-order valence-corrected chi connectivity index (χ2v) is 8.21. The molecule has 6 nitrogen and oxygen atoms in total. The number of hydrogen-bond donors (Lipinski definition) is 0. The molecule has 0 atom stereocenters. The third-order valence-electron chi connectivity index (χ3n) is 6.45. The van der Waals surface area contributed by atoms with Crippen LogP contribution in [0.1, 0.15) is 62.5 Å². The van der Waals surface area contributed by atoms with Gasteiger partial charge in [0.05, 0.1) is 23.2 Å². The maximum absolute atomic E-state index is 13.5. The van der Waals surface area contributed by atoms with E-state index in [1.165, 1.54) is 11.1 Å². The molecule has 0 spiro atoms. The summed E-state index contributed by atoms with van der Waals surface area (Å²) >= 11 is 0. The van der Waals surface area contributed by atoms with Crippen molar-refractivity contribution in [3.8, 4) is 5.75 Å². The minimum absolute atomic E-state index is 0.128. The fourth-order valence-electron chi connectivity index (χ4n) is 4.70. The van der Waals surface area contributed by atoms with E-state index >= 15 is 0 Å². The van der Waals surface area contributed by atoms with Gasteiger partial charge in [-0.25, -0.2) is 0 Å². The largest absolute Gasteiger partial charge is 0.425 e. The van der Waals surface area contributed by atoms with Gasteiger partial charge in [0.2, 0.25) is 0 Å². The first kappa shape index (κ1) is 20.4. The van der Waals surface area contributed by atoms with Crippen LogP contribution >= 0.6 is 0 Å². The van der Waals surface area contributed by atoms with E-state index < -0.39 is 5.97 Å². The maximum atomic E-state index is 13.5. The smallest absolute Gasteiger partial charge is 0.325 e. The van der Waals surface area contributed by atoms with E-state index in [9.17, 15) is 14.4 Å². The molecule has 2 heterocycles. The molecule has 0 fully saturated rings. The number of likely N-dealkylation sites (N-methyl/N-ethyl adjacent to an activating group) is 1. The Hall–Kier alpha value is -3.51. The first-order valence-electron chi connectivity index (χ1n) is 11.0. The number of aromatic nitrogens is 1. The van der Waals surface area contributed by atoms with Crippen LogP contribution in [0.4, 0.5) is 0 Å². The summed E-state index contributed by atoms with van der Waals surface area (Å²) in [5, 5.41) is 0. The third-order valence-corrected chi connectivity index (χ3v) is 6.45. The molecule has 3 aromatic rings. The zero-order chi connectivity index (χ0) is 22.4. The molecule has 6 heteroatoms. The van der Waals surface area contributed by atoms with E-state index in [0.717, 1.165) is 18.8 Å². The topological polar surface area (TPSA) is 68.6 Å². The Morgan fingerprint density at radius 2 is 1.66 bits per heavy atom. The summed E-state index contributed by atoms with van der Waals surface area (Å²) in [6.07, 6.45) is 2.39. The SMILES string of the molecule is CCN(CC)CC(=O)Oc1cccc2c1C(=O)c1cn3c(c1C2=O)Cc1ccccc1C3. The molecule has 0 bridgehead atoms. The van der Waals surface area contributed by atoms with Crippen LogP contribution in [0.25, 0.3) is 0 Å². The van der Waals surface area contributed by atoms with Gasteiger partial charge in [0.1, 0.15) is 5.75 Å². The molecule has 2 aliphatic rings. The Morgan fingerprint density at radius 1 is 0.938 bits per heavy atom. The predicted molar refractivity (Wildman–Crippen MR) is 120 cm³/mol. The van der Waals surface area contributed by atoms with Crippen LogP contribution in [0, 0.1) is 0 Å². The summed E-state index contributed by atoms with van der Waals surface area (Å²) in [4.78, 5) is 41.4. The quantitative estimate of drug-likeness (QED) is 0.317. The van der Waals surface area contributed by atoms with Crippen LogP contribution in [0.5, 0.6) is 5.75 Å². The van der Waals surface area contributed by atoms with E-state index in [4.69, 9.17) is 4.74 Å². The van der Waals surface area contributed by atoms with Gasteiger partial charge in [-0.05, 0) is 30.3 Å². The molecule has 0 N–H and O–H groups in total. The van der Waals surface area contributed by atoms with Crippen molar-refractivity contribution in [1.29, 1.82) is 0 Å². The second kappa shape index (κ2) is 7.88. The number of fused-ring (bicyclic) bond motifs is 5. The van der Waals surface area contributed by atoms with Crippen LogP contribution in [0.3, 0.4) is 0 Å². The molecule has 1 aliphatic carbocycles. The molecule has 0 amide bonds. The molecule has 0 saturated heterocycles. The normalized spacial score (nSPS) is 14.0. The Kier molecular flexibility index (Phi) is 5.02. The Labute approximate surface area is 186 Å². The average Bonchev–Trinajstić information content (AvgIpc) is 3.18. The third kappa shape index (κ3) is 3.19. The molecule has 32 heavy (non-hydrogen) atoms. The number of nitrogens with zero attached hydrogens (tertiary/aromatic N) is 2. The van der Waals surface area contributed by atoms with Crippen molar-refractivity contribution >= 4 is 17.5 Å². The highest BCUT2D eigenvalue weighted by Crippen LogP contribution is 2.38. The van der Waals surface area contributed by atoms with Gasteiger partial charge in [0.15, 0.2) is 11.6 Å². The van der Waals surface area contributed by atoms with Crippen molar-refractivity contribution in [2.75, 3.05) is 19.6 Å². The number of carbonyl (C=O) groups excluding carboxylic acids is 3. The number of esters is 1. The maximum Gasteiger partial charge on any atom is 0.325 e. The average molecular weight is 428 g/mol. The second-order valence-electron chi connectivity index (χ2n) is 8.21. The number of hydrogen-bond acceptors (Lipinski definition) is 5. The molecular formula is C26H24N2O4. The van der Waals surface area contributed by atoms with Crippen LogP contribution in [-0.4, -0.2) is 46.6 Å². The summed E-state index contributed by atoms with van der Waals surface area (Å²) in [5.41, 5.74) is 4.57. The van der Waals surface area contributed by atoms with Gasteiger partial charge in [-0.3, -0.25) is 19.3 Å². The molecule has 1 aliphatic heterocycles. The van der Waals surface area contributed by atoms with Crippen molar-refractivity contribution in [3.63, 3.8) is 0 Å². The lowest BCUT2D eigenvalue weighted by Crippen LogP contribution is -2.32. The number of ether oxygens (including phenoxy) is 1. The van der Waals surface area contributed by atoms with E-state index in [-0.39, 0.29) is 29.4 Å². The Morgan fingerprint density at radius 3 is 2.41 bits per heavy atom. The van der Waals surface area contributed by atoms with Gasteiger partial charge in [0, 0.05) is 30.4 Å². The standard InChI is InChI=1S/C26H24N2O4/c1-3-27(4-2)15-22(29)32-21-11-7-10-18-24(21)26(31)19-14-28-13-17-9-6-5-8-16(17)12-20(28)23(19)25(18)30/h5-11,14H,3-4,12-13,15H2,1-2H3. The molecule has 0 radical (unpaired) electrons. The fourth-order valence-corrected chi connectivity index (χ4v) is 4.70. The molecule has 0 unspecified atom stereocenters. The van der Waals surface area contributed by atoms with Crippen LogP contribution < -0.4 is 4.74 Å². The fraction of sp³-hybridized carbons (Fsp3) is 0.269. The summed E-state index contributed by atoms with van der Waals surface area (Å²) in [6.45, 7) is 6.13. The zero-order valence-corrected chi connectivity index (χ0v) is 18.2. The highest BCUT2D eigenvalue weighted by atomic mass is 16.5. The summed E-state index contributed by atoms with van der Waals surface area (Å²) in [7, 11) is 0. The lowest BCUT2D eigenvalue weighted by atomic mass is 9.83. The van der Waals surface area contributed by atoms with Crippen molar-refractivity contribution in [3.05, 3.63) is 87.7 Å². The highest BCUT2D eigenvalue weighted by molar-refractivity contribution is 6.30. The summed E-state index contributed by atoms with van der Waals surface area (Å²) in [5.74, 6) is -0.757. The van der Waals surface area contributed by atoms with Gasteiger partial charge in [-0.1, -0.05) is 50.2 Å². The van der Waals surface area contributed by atoms with Gasteiger partial charge >= 0.3 is 5.97 Å². The molecule has 2 aromatic carbocycles. The Bertz CT molecular complexity index is 1270. The van der Waals surface area contributed by atoms with Crippen molar-refractivity contribution in [2.24, 2.45) is 0 Å². The van der Waals surface area contributed by atoms with Gasteiger partial charge < -0.3 is 9.30 Å². The molecule has 162 valence electrons. The van der Waals surface area contributed by atoms with Crippen molar-refractivity contribution < 1.29 is 19.1 Å². The molecule has 5 rings (SSSR count). The van der Waals surface area contributed by atoms with E-state index in [2.05, 4.69) is 12.1 Å². The summed E-state index contributed by atoms with van der Waals surface area (Å²) in [6, 6.07) is 13.0. The van der Waals surface area contributed by atoms with Gasteiger partial charge in [-0.2, -0.15) is 0 Å². The molecular weight excluding hydrogens is 404 g/mol. The molecule has 1 aromatic heterocycles. The van der Waals surface area contributed by atoms with Crippen LogP contribution in [0.2, 0.25) is 0 Å². The minimum Gasteiger partial charge on any atom is -0.425 e. The lowest BCUT2D eigenvalue weighted by Gasteiger charge is -2.22. The Balaban J connectivity index is 1.52. The monoisotopic (exact) mass is 428 g/mol. The number of benzene rings is 2. The van der Waals surface area contributed by atoms with Crippen LogP contribution in [-0.2, 0) is 17.8 Å². The number of carbonyl (C=O) groups is 3. The van der Waals surface area contributed by atoms with Crippen molar-refractivity contribution in [2.45, 2.75) is 26.8 Å². The van der Waals surface area contributed by atoms with E-state index in [1.54, 1.807) is 24.4 Å². The van der Waals surface area contributed by atoms with Crippen molar-refractivity contribution in [1.82, 2.24) is 9.47 Å².